The summed E-state index contributed by atoms with van der Waals surface area (Å²) in [6, 6.07) is 19.2. The fourth-order valence-electron chi connectivity index (χ4n) is 2.95. The number of hydrogen-bond donors (Lipinski definition) is 1. The van der Waals surface area contributed by atoms with Crippen LogP contribution in [0.15, 0.2) is 60.7 Å². The van der Waals surface area contributed by atoms with Crippen LogP contribution in [0.5, 0.6) is 0 Å². The van der Waals surface area contributed by atoms with Gasteiger partial charge < -0.3 is 0 Å². The van der Waals surface area contributed by atoms with Crippen LogP contribution in [0.4, 0.5) is 0 Å². The number of hydrogen-bond acceptors (Lipinski definition) is 2. The van der Waals surface area contributed by atoms with Crippen molar-refractivity contribution in [3.63, 3.8) is 0 Å². The Morgan fingerprint density at radius 3 is 2.39 bits per heavy atom. The van der Waals surface area contributed by atoms with Crippen molar-refractivity contribution in [1.82, 2.24) is 5.32 Å². The third-order valence-electron chi connectivity index (χ3n) is 4.03. The minimum atomic E-state index is -0.341. The molecule has 23 heavy (non-hydrogen) atoms. The first kappa shape index (κ1) is 13.5. The van der Waals surface area contributed by atoms with Crippen molar-refractivity contribution in [3.05, 3.63) is 82.9 Å². The predicted molar refractivity (Wildman–Crippen MR) is 91.1 cm³/mol. The molecule has 3 aromatic carbocycles. The first-order valence-corrected chi connectivity index (χ1v) is 7.38. The molecule has 1 aliphatic heterocycles. The third kappa shape index (κ3) is 2.23. The number of rotatable bonds is 2. The van der Waals surface area contributed by atoms with Gasteiger partial charge in [0.25, 0.3) is 11.8 Å². The van der Waals surface area contributed by atoms with Crippen molar-refractivity contribution in [2.24, 2.45) is 0 Å². The zero-order valence-electron chi connectivity index (χ0n) is 12.2. The highest BCUT2D eigenvalue weighted by molar-refractivity contribution is 6.26. The number of carbonyl (C=O) groups is 2. The van der Waals surface area contributed by atoms with Crippen molar-refractivity contribution >= 4 is 34.7 Å². The Labute approximate surface area is 133 Å². The summed E-state index contributed by atoms with van der Waals surface area (Å²) in [5, 5.41) is 4.06. The quantitative estimate of drug-likeness (QED) is 0.576. The maximum atomic E-state index is 12.3. The second kappa shape index (κ2) is 5.21. The summed E-state index contributed by atoms with van der Waals surface area (Å²) >= 11 is 0. The highest BCUT2D eigenvalue weighted by atomic mass is 16.2. The summed E-state index contributed by atoms with van der Waals surface area (Å²) in [6.45, 7) is 0. The number of amides is 2. The highest BCUT2D eigenvalue weighted by Crippen LogP contribution is 2.30. The van der Waals surface area contributed by atoms with E-state index in [1.165, 1.54) is 0 Å². The predicted octanol–water partition coefficient (Wildman–Crippen LogP) is 3.89. The molecule has 0 saturated heterocycles. The largest absolute Gasteiger partial charge is 0.288 e. The van der Waals surface area contributed by atoms with Gasteiger partial charge in [-0.1, -0.05) is 66.7 Å². The van der Waals surface area contributed by atoms with Crippen LogP contribution in [0.2, 0.25) is 0 Å². The Balaban J connectivity index is 1.93. The van der Waals surface area contributed by atoms with Crippen LogP contribution >= 0.6 is 0 Å². The monoisotopic (exact) mass is 299 g/mol. The van der Waals surface area contributed by atoms with Gasteiger partial charge in [-0.15, -0.1) is 0 Å². The van der Waals surface area contributed by atoms with Crippen molar-refractivity contribution < 1.29 is 9.59 Å². The Kier molecular flexibility index (Phi) is 3.05. The van der Waals surface area contributed by atoms with E-state index in [-0.39, 0.29) is 11.8 Å². The molecule has 0 unspecified atom stereocenters. The second-order valence-electron chi connectivity index (χ2n) is 5.46. The molecule has 0 radical (unpaired) electrons. The molecule has 3 aromatic rings. The molecule has 0 fully saturated rings. The van der Waals surface area contributed by atoms with Gasteiger partial charge in [0.2, 0.25) is 0 Å². The van der Waals surface area contributed by atoms with Crippen LogP contribution in [0, 0.1) is 0 Å². The molecule has 1 heterocycles. The zero-order valence-corrected chi connectivity index (χ0v) is 12.2. The number of nitrogens with one attached hydrogen (secondary N) is 1. The Bertz CT molecular complexity index is 972. The fourth-order valence-corrected chi connectivity index (χ4v) is 2.95. The van der Waals surface area contributed by atoms with E-state index in [2.05, 4.69) is 5.32 Å². The first-order chi connectivity index (χ1) is 11.2. The minimum absolute atomic E-state index is 0.336. The number of carbonyl (C=O) groups excluding carboxylic acids is 2. The third-order valence-corrected chi connectivity index (χ3v) is 4.03. The Morgan fingerprint density at radius 2 is 1.57 bits per heavy atom. The molecule has 2 amide bonds. The molecule has 1 N–H and O–H groups in total. The SMILES string of the molecule is O=C1NC(=O)c2c(/C=C/c3ccccc3)ccc3cccc1c23. The molecule has 0 aliphatic carbocycles. The number of benzene rings is 3. The van der Waals surface area contributed by atoms with Crippen molar-refractivity contribution in [1.29, 1.82) is 0 Å². The van der Waals surface area contributed by atoms with Gasteiger partial charge >= 0.3 is 0 Å². The molecule has 0 aromatic heterocycles. The van der Waals surface area contributed by atoms with Gasteiger partial charge in [-0.3, -0.25) is 14.9 Å². The molecule has 0 atom stereocenters. The van der Waals surface area contributed by atoms with Gasteiger partial charge in [-0.2, -0.15) is 0 Å². The van der Waals surface area contributed by atoms with Crippen LogP contribution in [-0.4, -0.2) is 11.8 Å². The molecule has 1 aliphatic rings. The van der Waals surface area contributed by atoms with Gasteiger partial charge in [0, 0.05) is 10.9 Å². The molecule has 0 spiro atoms. The van der Waals surface area contributed by atoms with E-state index in [9.17, 15) is 9.59 Å². The Hall–Kier alpha value is -3.20. The van der Waals surface area contributed by atoms with Crippen molar-refractivity contribution in [3.8, 4) is 0 Å². The van der Waals surface area contributed by atoms with Gasteiger partial charge in [0.05, 0.1) is 5.56 Å². The van der Waals surface area contributed by atoms with Crippen molar-refractivity contribution in [2.75, 3.05) is 0 Å². The van der Waals surface area contributed by atoms with E-state index in [1.54, 1.807) is 6.07 Å². The van der Waals surface area contributed by atoms with E-state index >= 15 is 0 Å². The molecule has 3 heteroatoms. The van der Waals surface area contributed by atoms with E-state index in [0.29, 0.717) is 11.1 Å². The summed E-state index contributed by atoms with van der Waals surface area (Å²) in [5.41, 5.74) is 2.97. The first-order valence-electron chi connectivity index (χ1n) is 7.38. The van der Waals surface area contributed by atoms with Gasteiger partial charge in [-0.25, -0.2) is 0 Å². The zero-order chi connectivity index (χ0) is 15.8. The number of imide groups is 1. The normalized spacial score (nSPS) is 13.6. The average molecular weight is 299 g/mol. The van der Waals surface area contributed by atoms with E-state index in [1.807, 2.05) is 66.7 Å². The molecular weight excluding hydrogens is 286 g/mol. The van der Waals surface area contributed by atoms with Gasteiger partial charge in [0.15, 0.2) is 0 Å². The minimum Gasteiger partial charge on any atom is -0.288 e. The van der Waals surface area contributed by atoms with Crippen LogP contribution in [-0.2, 0) is 0 Å². The molecule has 4 rings (SSSR count). The lowest BCUT2D eigenvalue weighted by atomic mass is 9.91. The van der Waals surface area contributed by atoms with Crippen LogP contribution < -0.4 is 5.32 Å². The molecule has 0 saturated carbocycles. The van der Waals surface area contributed by atoms with E-state index in [4.69, 9.17) is 0 Å². The van der Waals surface area contributed by atoms with E-state index in [0.717, 1.165) is 21.9 Å². The molecule has 0 bridgehead atoms. The van der Waals surface area contributed by atoms with Crippen LogP contribution in [0.3, 0.4) is 0 Å². The van der Waals surface area contributed by atoms with E-state index < -0.39 is 0 Å². The highest BCUT2D eigenvalue weighted by Gasteiger charge is 2.26. The molecule has 110 valence electrons. The summed E-state index contributed by atoms with van der Waals surface area (Å²) < 4.78 is 0. The molecular formula is C20H13NO2. The standard InChI is InChI=1S/C20H13NO2/c22-19-16-8-4-7-14-11-12-15(18(17(14)16)20(23)21-19)10-9-13-5-2-1-3-6-13/h1-12H,(H,21,22,23)/b10-9+. The maximum absolute atomic E-state index is 12.3. The van der Waals surface area contributed by atoms with Crippen LogP contribution in [0.1, 0.15) is 31.8 Å². The second-order valence-corrected chi connectivity index (χ2v) is 5.46. The molecule has 3 nitrogen and oxygen atoms in total. The smallest absolute Gasteiger partial charge is 0.259 e. The van der Waals surface area contributed by atoms with Crippen molar-refractivity contribution in [2.45, 2.75) is 0 Å². The lowest BCUT2D eigenvalue weighted by Crippen LogP contribution is -2.35. The summed E-state index contributed by atoms with van der Waals surface area (Å²) in [5.74, 6) is -0.677. The lowest BCUT2D eigenvalue weighted by molar-refractivity contribution is 0.0845. The average Bonchev–Trinajstić information content (AvgIpc) is 2.58. The summed E-state index contributed by atoms with van der Waals surface area (Å²) in [6.07, 6.45) is 3.88. The topological polar surface area (TPSA) is 46.2 Å². The summed E-state index contributed by atoms with van der Waals surface area (Å²) in [7, 11) is 0. The van der Waals surface area contributed by atoms with Gasteiger partial charge in [0.1, 0.15) is 0 Å². The summed E-state index contributed by atoms with van der Waals surface area (Å²) in [4.78, 5) is 24.4. The Morgan fingerprint density at radius 1 is 0.739 bits per heavy atom. The lowest BCUT2D eigenvalue weighted by Gasteiger charge is -2.18. The maximum Gasteiger partial charge on any atom is 0.259 e. The van der Waals surface area contributed by atoms with Gasteiger partial charge in [-0.05, 0) is 22.6 Å². The fraction of sp³-hybridized carbons (Fsp3) is 0. The van der Waals surface area contributed by atoms with Crippen LogP contribution in [0.25, 0.3) is 22.9 Å².